The molecule has 0 saturated heterocycles. The summed E-state index contributed by atoms with van der Waals surface area (Å²) in [5, 5.41) is 6.56. The van der Waals surface area contributed by atoms with Gasteiger partial charge in [-0.05, 0) is 31.0 Å². The first-order valence-corrected chi connectivity index (χ1v) is 8.24. The van der Waals surface area contributed by atoms with Crippen molar-refractivity contribution in [3.05, 3.63) is 53.2 Å². The van der Waals surface area contributed by atoms with Crippen LogP contribution in [0.25, 0.3) is 0 Å². The van der Waals surface area contributed by atoms with Gasteiger partial charge in [-0.2, -0.15) is 0 Å². The molecule has 0 aliphatic carbocycles. The van der Waals surface area contributed by atoms with E-state index >= 15 is 0 Å². The van der Waals surface area contributed by atoms with E-state index in [0.29, 0.717) is 12.4 Å². The van der Waals surface area contributed by atoms with Crippen molar-refractivity contribution < 1.29 is 9.47 Å². The van der Waals surface area contributed by atoms with Gasteiger partial charge < -0.3 is 20.1 Å². The van der Waals surface area contributed by atoms with E-state index in [2.05, 4.69) is 39.7 Å². The second kappa shape index (κ2) is 9.52. The third kappa shape index (κ3) is 5.67. The maximum atomic E-state index is 5.42. The highest BCUT2D eigenvalue weighted by atomic mass is 16.5. The van der Waals surface area contributed by atoms with Gasteiger partial charge in [0.1, 0.15) is 5.75 Å². The van der Waals surface area contributed by atoms with E-state index in [9.17, 15) is 0 Å². The van der Waals surface area contributed by atoms with Gasteiger partial charge in [-0.25, -0.2) is 4.98 Å². The van der Waals surface area contributed by atoms with Crippen LogP contribution in [-0.2, 0) is 13.0 Å². The van der Waals surface area contributed by atoms with Gasteiger partial charge in [0.2, 0.25) is 5.88 Å². The van der Waals surface area contributed by atoms with Gasteiger partial charge in [0.15, 0.2) is 5.96 Å². The molecule has 2 aromatic rings. The van der Waals surface area contributed by atoms with Crippen LogP contribution in [0.15, 0.2) is 41.4 Å². The molecule has 0 bridgehead atoms. The fourth-order valence-electron chi connectivity index (χ4n) is 2.48. The van der Waals surface area contributed by atoms with E-state index in [1.807, 2.05) is 24.3 Å². The number of methoxy groups -OCH3 is 2. The number of benzene rings is 1. The number of rotatable bonds is 7. The zero-order chi connectivity index (χ0) is 18.1. The quantitative estimate of drug-likeness (QED) is 0.597. The Labute approximate surface area is 149 Å². The lowest BCUT2D eigenvalue weighted by molar-refractivity contribution is 0.396. The molecule has 6 nitrogen and oxygen atoms in total. The molecule has 134 valence electrons. The maximum Gasteiger partial charge on any atom is 0.213 e. The molecule has 0 saturated carbocycles. The summed E-state index contributed by atoms with van der Waals surface area (Å²) < 4.78 is 10.6. The summed E-state index contributed by atoms with van der Waals surface area (Å²) in [6.45, 7) is 3.41. The van der Waals surface area contributed by atoms with Crippen molar-refractivity contribution in [3.63, 3.8) is 0 Å². The number of guanidine groups is 1. The Bertz CT molecular complexity index is 716. The molecule has 25 heavy (non-hydrogen) atoms. The molecule has 0 spiro atoms. The molecular formula is C19H26N4O2. The van der Waals surface area contributed by atoms with Gasteiger partial charge in [0, 0.05) is 19.7 Å². The summed E-state index contributed by atoms with van der Waals surface area (Å²) >= 11 is 0. The number of ether oxygens (including phenoxy) is 2. The highest BCUT2D eigenvalue weighted by Crippen LogP contribution is 2.19. The summed E-state index contributed by atoms with van der Waals surface area (Å²) in [7, 11) is 5.06. The second-order valence-corrected chi connectivity index (χ2v) is 5.59. The Kier molecular flexibility index (Phi) is 7.07. The van der Waals surface area contributed by atoms with Gasteiger partial charge >= 0.3 is 0 Å². The minimum Gasteiger partial charge on any atom is -0.496 e. The third-order valence-electron chi connectivity index (χ3n) is 3.77. The molecule has 6 heteroatoms. The highest BCUT2D eigenvalue weighted by Gasteiger charge is 2.05. The molecule has 1 aromatic heterocycles. The van der Waals surface area contributed by atoms with Crippen molar-refractivity contribution in [2.24, 2.45) is 4.99 Å². The summed E-state index contributed by atoms with van der Waals surface area (Å²) in [5.41, 5.74) is 3.30. The minimum atomic E-state index is 0.574. The molecule has 2 rings (SSSR count). The van der Waals surface area contributed by atoms with Crippen LogP contribution in [0.1, 0.15) is 16.8 Å². The summed E-state index contributed by atoms with van der Waals surface area (Å²) in [4.78, 5) is 8.61. The number of pyridine rings is 1. The van der Waals surface area contributed by atoms with Crippen molar-refractivity contribution in [3.8, 4) is 11.6 Å². The van der Waals surface area contributed by atoms with E-state index in [-0.39, 0.29) is 0 Å². The summed E-state index contributed by atoms with van der Waals surface area (Å²) in [5.74, 6) is 2.25. The molecule has 0 amide bonds. The van der Waals surface area contributed by atoms with Gasteiger partial charge in [-0.15, -0.1) is 0 Å². The number of nitrogens with zero attached hydrogens (tertiary/aromatic N) is 2. The first-order valence-electron chi connectivity index (χ1n) is 8.24. The van der Waals surface area contributed by atoms with Crippen LogP contribution < -0.4 is 20.1 Å². The minimum absolute atomic E-state index is 0.574. The first-order chi connectivity index (χ1) is 12.2. The molecule has 0 aliphatic heterocycles. The summed E-state index contributed by atoms with van der Waals surface area (Å²) in [6, 6.07) is 11.9. The highest BCUT2D eigenvalue weighted by molar-refractivity contribution is 5.79. The monoisotopic (exact) mass is 342 g/mol. The maximum absolute atomic E-state index is 5.42. The third-order valence-corrected chi connectivity index (χ3v) is 3.77. The number of hydrogen-bond acceptors (Lipinski definition) is 4. The standard InChI is InChI=1S/C19H26N4O2/c1-14-8-9-17(24-3)15(12-14)10-11-21-19(20-2)22-13-16-6-5-7-18(23-16)25-4/h5-9,12H,10-11,13H2,1-4H3,(H2,20,21,22). The molecule has 0 unspecified atom stereocenters. The van der Waals surface area contributed by atoms with Crippen LogP contribution in [-0.4, -0.2) is 38.8 Å². The van der Waals surface area contributed by atoms with Crippen LogP contribution in [0.3, 0.4) is 0 Å². The lowest BCUT2D eigenvalue weighted by Gasteiger charge is -2.13. The fourth-order valence-corrected chi connectivity index (χ4v) is 2.48. The normalized spacial score (nSPS) is 11.1. The van der Waals surface area contributed by atoms with Gasteiger partial charge in [-0.3, -0.25) is 4.99 Å². The predicted molar refractivity (Wildman–Crippen MR) is 100 cm³/mol. The van der Waals surface area contributed by atoms with E-state index in [1.165, 1.54) is 11.1 Å². The van der Waals surface area contributed by atoms with E-state index in [4.69, 9.17) is 9.47 Å². The van der Waals surface area contributed by atoms with Crippen LogP contribution in [0.2, 0.25) is 0 Å². The largest absolute Gasteiger partial charge is 0.496 e. The van der Waals surface area contributed by atoms with Gasteiger partial charge in [0.05, 0.1) is 26.5 Å². The molecular weight excluding hydrogens is 316 g/mol. The Morgan fingerprint density at radius 1 is 1.12 bits per heavy atom. The van der Waals surface area contributed by atoms with Crippen molar-refractivity contribution >= 4 is 5.96 Å². The molecule has 0 aliphatic rings. The molecule has 1 aromatic carbocycles. The first kappa shape index (κ1) is 18.6. The number of aromatic nitrogens is 1. The Balaban J connectivity index is 1.85. The van der Waals surface area contributed by atoms with Crippen molar-refractivity contribution in [1.29, 1.82) is 0 Å². The SMILES string of the molecule is CN=C(NCCc1cc(C)ccc1OC)NCc1cccc(OC)n1. The Morgan fingerprint density at radius 3 is 2.68 bits per heavy atom. The van der Waals surface area contributed by atoms with Crippen LogP contribution in [0.4, 0.5) is 0 Å². The van der Waals surface area contributed by atoms with E-state index < -0.39 is 0 Å². The zero-order valence-electron chi connectivity index (χ0n) is 15.3. The average molecular weight is 342 g/mol. The number of nitrogens with one attached hydrogen (secondary N) is 2. The number of aryl methyl sites for hydroxylation is 1. The van der Waals surface area contributed by atoms with Crippen LogP contribution in [0.5, 0.6) is 11.6 Å². The van der Waals surface area contributed by atoms with E-state index in [1.54, 1.807) is 21.3 Å². The molecule has 2 N–H and O–H groups in total. The Morgan fingerprint density at radius 2 is 1.96 bits per heavy atom. The van der Waals surface area contributed by atoms with Crippen LogP contribution in [0, 0.1) is 6.92 Å². The average Bonchev–Trinajstić information content (AvgIpc) is 2.64. The van der Waals surface area contributed by atoms with Crippen molar-refractivity contribution in [2.45, 2.75) is 19.9 Å². The van der Waals surface area contributed by atoms with Gasteiger partial charge in [-0.1, -0.05) is 23.8 Å². The predicted octanol–water partition coefficient (Wildman–Crippen LogP) is 2.31. The van der Waals surface area contributed by atoms with Crippen molar-refractivity contribution in [2.75, 3.05) is 27.8 Å². The summed E-state index contributed by atoms with van der Waals surface area (Å²) in [6.07, 6.45) is 0.850. The number of hydrogen-bond donors (Lipinski definition) is 2. The van der Waals surface area contributed by atoms with Crippen LogP contribution >= 0.6 is 0 Å². The Hall–Kier alpha value is -2.76. The molecule has 0 radical (unpaired) electrons. The van der Waals surface area contributed by atoms with E-state index in [0.717, 1.165) is 30.4 Å². The molecule has 0 atom stereocenters. The molecule has 0 fully saturated rings. The smallest absolute Gasteiger partial charge is 0.213 e. The fraction of sp³-hybridized carbons (Fsp3) is 0.368. The van der Waals surface area contributed by atoms with Gasteiger partial charge in [0.25, 0.3) is 0 Å². The lowest BCUT2D eigenvalue weighted by atomic mass is 10.1. The zero-order valence-corrected chi connectivity index (χ0v) is 15.3. The van der Waals surface area contributed by atoms with Crippen molar-refractivity contribution in [1.82, 2.24) is 15.6 Å². The second-order valence-electron chi connectivity index (χ2n) is 5.59. The molecule has 1 heterocycles. The lowest BCUT2D eigenvalue weighted by Crippen LogP contribution is -2.38. The number of aliphatic imine (C=N–C) groups is 1. The topological polar surface area (TPSA) is 67.8 Å².